The van der Waals surface area contributed by atoms with Gasteiger partial charge in [0, 0.05) is 43.4 Å². The monoisotopic (exact) mass is 532 g/mol. The van der Waals surface area contributed by atoms with E-state index in [1.165, 1.54) is 21.8 Å². The Morgan fingerprint density at radius 1 is 0.973 bits per heavy atom. The number of hydrogen-bond donors (Lipinski definition) is 1. The second-order valence-electron chi connectivity index (χ2n) is 8.08. The molecule has 2 aromatic carbocycles. The van der Waals surface area contributed by atoms with Gasteiger partial charge in [-0.05, 0) is 18.2 Å². The van der Waals surface area contributed by atoms with E-state index in [1.54, 1.807) is 26.4 Å². The van der Waals surface area contributed by atoms with Crippen molar-refractivity contribution in [2.24, 2.45) is 14.1 Å². The second-order valence-corrected chi connectivity index (χ2v) is 8.49. The fourth-order valence-electron chi connectivity index (χ4n) is 3.65. The molecule has 3 aromatic heterocycles. The lowest BCUT2D eigenvalue weighted by atomic mass is 10.2. The number of rotatable bonds is 6. The predicted octanol–water partition coefficient (Wildman–Crippen LogP) is 2.94. The van der Waals surface area contributed by atoms with Gasteiger partial charge in [0.2, 0.25) is 0 Å². The van der Waals surface area contributed by atoms with Crippen LogP contribution in [0.15, 0.2) is 52.4 Å². The quantitative estimate of drug-likeness (QED) is 0.337. The molecule has 0 amide bonds. The number of benzene rings is 2. The molecular weight excluding hydrogens is 513 g/mol. The molecule has 14 heteroatoms. The van der Waals surface area contributed by atoms with E-state index in [0.29, 0.717) is 26.1 Å². The first-order valence-corrected chi connectivity index (χ1v) is 11.0. The Labute approximate surface area is 214 Å². The number of fused-ring (bicyclic) bond motifs is 1. The lowest BCUT2D eigenvalue weighted by Crippen LogP contribution is -2.41. The molecule has 1 N–H and O–H groups in total. The van der Waals surface area contributed by atoms with Crippen LogP contribution in [-0.2, 0) is 27.1 Å². The van der Waals surface area contributed by atoms with Crippen LogP contribution in [0.2, 0.25) is 5.02 Å². The molecule has 0 bridgehead atoms. The molecule has 5 aromatic rings. The topological polar surface area (TPSA) is 105 Å². The van der Waals surface area contributed by atoms with Crippen molar-refractivity contribution < 1.29 is 15.9 Å². The zero-order valence-corrected chi connectivity index (χ0v) is 20.0. The Kier molecular flexibility index (Phi) is 5.46. The largest absolute Gasteiger partial charge is 0.340 e. The molecule has 0 fully saturated rings. The van der Waals surface area contributed by atoms with E-state index in [0.717, 1.165) is 6.07 Å². The summed E-state index contributed by atoms with van der Waals surface area (Å²) in [6.07, 6.45) is 3.01. The SMILES string of the molecule is [2H]C([2H])(c1cc(F)c(F)cc1F)n1c(Nc2cc3cn(C)nc3cc2Cl)cc(=O)n(Cc2ncn(C)n2)c1=O. The van der Waals surface area contributed by atoms with Crippen LogP contribution in [0.5, 0.6) is 0 Å². The summed E-state index contributed by atoms with van der Waals surface area (Å²) in [6, 6.07) is 4.44. The van der Waals surface area contributed by atoms with Crippen LogP contribution >= 0.6 is 11.6 Å². The molecule has 0 saturated carbocycles. The zero-order chi connectivity index (χ0) is 28.2. The van der Waals surface area contributed by atoms with Crippen molar-refractivity contribution in [3.63, 3.8) is 0 Å². The van der Waals surface area contributed by atoms with Gasteiger partial charge in [-0.2, -0.15) is 10.2 Å². The maximum atomic E-state index is 14.8. The Morgan fingerprint density at radius 2 is 1.73 bits per heavy atom. The predicted molar refractivity (Wildman–Crippen MR) is 129 cm³/mol. The first-order valence-electron chi connectivity index (χ1n) is 11.6. The van der Waals surface area contributed by atoms with E-state index < -0.39 is 53.1 Å². The summed E-state index contributed by atoms with van der Waals surface area (Å²) >= 11 is 6.38. The summed E-state index contributed by atoms with van der Waals surface area (Å²) in [5, 5.41) is 11.8. The standard InChI is InChI=1S/C23H18ClF3N8O2/c1-32-8-13-4-19(14(24)5-18(13)30-32)29-21-7-22(36)35(10-20-28-11-33(2)31-20)23(37)34(21)9-12-3-16(26)17(27)6-15(12)25/h3-8,11,29H,9-10H2,1-2H3/i9D2. The van der Waals surface area contributed by atoms with Gasteiger partial charge in [0.1, 0.15) is 18.0 Å². The van der Waals surface area contributed by atoms with Crippen LogP contribution in [0.3, 0.4) is 0 Å². The average molecular weight is 533 g/mol. The van der Waals surface area contributed by atoms with E-state index in [1.807, 2.05) is 0 Å². The minimum atomic E-state index is -3.13. The van der Waals surface area contributed by atoms with Gasteiger partial charge in [-0.25, -0.2) is 22.9 Å². The molecule has 0 aliphatic carbocycles. The number of hydrogen-bond acceptors (Lipinski definition) is 6. The van der Waals surface area contributed by atoms with E-state index in [-0.39, 0.29) is 22.6 Å². The van der Waals surface area contributed by atoms with Crippen molar-refractivity contribution >= 4 is 34.0 Å². The van der Waals surface area contributed by atoms with Gasteiger partial charge < -0.3 is 5.32 Å². The third kappa shape index (κ3) is 4.72. The van der Waals surface area contributed by atoms with E-state index >= 15 is 0 Å². The summed E-state index contributed by atoms with van der Waals surface area (Å²) in [4.78, 5) is 30.7. The zero-order valence-electron chi connectivity index (χ0n) is 21.2. The van der Waals surface area contributed by atoms with Crippen LogP contribution in [0.1, 0.15) is 14.1 Å². The maximum Gasteiger partial charge on any atom is 0.333 e. The maximum absolute atomic E-state index is 14.8. The summed E-state index contributed by atoms with van der Waals surface area (Å²) in [6.45, 7) is -3.58. The Balaban J connectivity index is 1.73. The highest BCUT2D eigenvalue weighted by Crippen LogP contribution is 2.30. The molecule has 0 unspecified atom stereocenters. The summed E-state index contributed by atoms with van der Waals surface area (Å²) in [5.41, 5.74) is -2.39. The number of nitrogens with zero attached hydrogens (tertiary/aromatic N) is 7. The molecule has 37 heavy (non-hydrogen) atoms. The molecule has 0 saturated heterocycles. The highest BCUT2D eigenvalue weighted by atomic mass is 35.5. The van der Waals surface area contributed by atoms with Crippen molar-refractivity contribution in [1.82, 2.24) is 33.7 Å². The fourth-order valence-corrected chi connectivity index (χ4v) is 3.86. The van der Waals surface area contributed by atoms with Gasteiger partial charge in [0.15, 0.2) is 17.5 Å². The van der Waals surface area contributed by atoms with Crippen molar-refractivity contribution in [2.75, 3.05) is 5.32 Å². The third-order valence-corrected chi connectivity index (χ3v) is 5.66. The fraction of sp³-hybridized carbons (Fsp3) is 0.174. The van der Waals surface area contributed by atoms with Crippen LogP contribution < -0.4 is 16.6 Å². The highest BCUT2D eigenvalue weighted by Gasteiger charge is 2.18. The molecule has 3 heterocycles. The van der Waals surface area contributed by atoms with Gasteiger partial charge in [-0.1, -0.05) is 11.6 Å². The van der Waals surface area contributed by atoms with Crippen LogP contribution in [0.25, 0.3) is 10.9 Å². The number of nitrogens with one attached hydrogen (secondary N) is 1. The van der Waals surface area contributed by atoms with Crippen molar-refractivity contribution in [2.45, 2.75) is 13.0 Å². The minimum absolute atomic E-state index is 0.0635. The molecule has 5 rings (SSSR count). The number of anilines is 2. The Bertz CT molecular complexity index is 1880. The molecule has 190 valence electrons. The summed E-state index contributed by atoms with van der Waals surface area (Å²) in [7, 11) is 3.26. The van der Waals surface area contributed by atoms with Crippen LogP contribution in [0, 0.1) is 17.5 Å². The van der Waals surface area contributed by atoms with Gasteiger partial charge in [-0.15, -0.1) is 0 Å². The molecule has 10 nitrogen and oxygen atoms in total. The number of aryl methyl sites for hydroxylation is 2. The smallest absolute Gasteiger partial charge is 0.333 e. The molecule has 0 aliphatic rings. The van der Waals surface area contributed by atoms with Crippen molar-refractivity contribution in [3.8, 4) is 0 Å². The lowest BCUT2D eigenvalue weighted by molar-refractivity contribution is 0.486. The molecule has 0 atom stereocenters. The van der Waals surface area contributed by atoms with Gasteiger partial charge >= 0.3 is 5.69 Å². The van der Waals surface area contributed by atoms with Crippen LogP contribution in [-0.4, -0.2) is 33.7 Å². The summed E-state index contributed by atoms with van der Waals surface area (Å²) < 4.78 is 63.7. The molecular formula is C23H18ClF3N8O2. The van der Waals surface area contributed by atoms with Gasteiger partial charge in [0.25, 0.3) is 5.56 Å². The average Bonchev–Trinajstić information content (AvgIpc) is 3.42. The third-order valence-electron chi connectivity index (χ3n) is 5.35. The molecule has 0 radical (unpaired) electrons. The summed E-state index contributed by atoms with van der Waals surface area (Å²) in [5.74, 6) is -4.90. The first kappa shape index (κ1) is 21.9. The van der Waals surface area contributed by atoms with Crippen LogP contribution in [0.4, 0.5) is 24.7 Å². The number of halogens is 4. The van der Waals surface area contributed by atoms with Crippen molar-refractivity contribution in [3.05, 3.63) is 97.6 Å². The van der Waals surface area contributed by atoms with Gasteiger partial charge in [-0.3, -0.25) is 23.3 Å². The minimum Gasteiger partial charge on any atom is -0.340 e. The lowest BCUT2D eigenvalue weighted by Gasteiger charge is -2.17. The molecule has 0 spiro atoms. The van der Waals surface area contributed by atoms with E-state index in [2.05, 4.69) is 20.5 Å². The van der Waals surface area contributed by atoms with Crippen molar-refractivity contribution in [1.29, 1.82) is 0 Å². The Morgan fingerprint density at radius 3 is 2.46 bits per heavy atom. The highest BCUT2D eigenvalue weighted by molar-refractivity contribution is 6.34. The van der Waals surface area contributed by atoms with E-state index in [4.69, 9.17) is 14.3 Å². The normalized spacial score (nSPS) is 12.6. The number of aromatic nitrogens is 7. The second kappa shape index (κ2) is 9.24. The molecule has 0 aliphatic heterocycles. The van der Waals surface area contributed by atoms with E-state index in [9.17, 15) is 22.8 Å². The first-order chi connectivity index (χ1) is 18.3. The Hall–Kier alpha value is -4.39. The van der Waals surface area contributed by atoms with Gasteiger partial charge in [0.05, 0.1) is 32.0 Å².